The van der Waals surface area contributed by atoms with Crippen LogP contribution < -0.4 is 0 Å². The van der Waals surface area contributed by atoms with Crippen molar-refractivity contribution in [2.45, 2.75) is 51.8 Å². The number of alkyl halides is 1. The number of nitrogens with zero attached hydrogens (tertiary/aromatic N) is 1. The molecule has 104 valence electrons. The smallest absolute Gasteiger partial charge is 0.145 e. The Kier molecular flexibility index (Phi) is 3.85. The van der Waals surface area contributed by atoms with Gasteiger partial charge in [-0.3, -0.25) is 0 Å². The predicted molar refractivity (Wildman–Crippen MR) is 80.7 cm³/mol. The number of allylic oxidation sites excluding steroid dienone is 4. The summed E-state index contributed by atoms with van der Waals surface area (Å²) in [4.78, 5) is 0. The molecule has 0 N–H and O–H groups in total. The quantitative estimate of drug-likeness (QED) is 0.667. The van der Waals surface area contributed by atoms with Gasteiger partial charge in [-0.1, -0.05) is 37.5 Å². The van der Waals surface area contributed by atoms with Crippen LogP contribution in [0.3, 0.4) is 0 Å². The van der Waals surface area contributed by atoms with Crippen LogP contribution in [0.1, 0.15) is 51.1 Å². The van der Waals surface area contributed by atoms with Crippen LogP contribution in [-0.2, 0) is 5.41 Å². The first-order valence-corrected chi connectivity index (χ1v) is 7.21. The number of hydrogen-bond donors (Lipinski definition) is 0. The van der Waals surface area contributed by atoms with E-state index >= 15 is 0 Å². The molecule has 1 atom stereocenters. The maximum absolute atomic E-state index is 6.44. The number of rotatable bonds is 1. The van der Waals surface area contributed by atoms with Crippen LogP contribution in [0, 0.1) is 6.92 Å². The van der Waals surface area contributed by atoms with Crippen LogP contribution in [0.4, 0.5) is 0 Å². The molecule has 0 amide bonds. The van der Waals surface area contributed by atoms with Crippen molar-refractivity contribution in [3.05, 3.63) is 33.7 Å². The molecule has 1 unspecified atom stereocenters. The fraction of sp³-hybridized carbons (Fsp3) is 0.533. The van der Waals surface area contributed by atoms with Crippen molar-refractivity contribution in [1.82, 2.24) is 5.16 Å². The summed E-state index contributed by atoms with van der Waals surface area (Å²) in [5, 5.41) is 4.89. The average Bonchev–Trinajstić information content (AvgIpc) is 2.58. The first-order valence-electron chi connectivity index (χ1n) is 6.40. The molecule has 0 radical (unpaired) electrons. The lowest BCUT2D eigenvalue weighted by Crippen LogP contribution is -2.13. The topological polar surface area (TPSA) is 26.0 Å². The maximum atomic E-state index is 6.44. The third-order valence-electron chi connectivity index (χ3n) is 3.35. The van der Waals surface area contributed by atoms with E-state index in [1.165, 1.54) is 0 Å². The van der Waals surface area contributed by atoms with Gasteiger partial charge < -0.3 is 4.52 Å². The molecule has 2 rings (SSSR count). The number of hydrogen-bond acceptors (Lipinski definition) is 2. The Morgan fingerprint density at radius 2 is 1.95 bits per heavy atom. The highest BCUT2D eigenvalue weighted by atomic mass is 35.5. The standard InChI is InChI=1S/C15H19Cl2NO/c1-8-6-10(16)7-11(17)12(8)13-9(2)14(19-18-13)15(3,4)5/h6,11H,7H2,1-5H3. The van der Waals surface area contributed by atoms with Gasteiger partial charge in [0, 0.05) is 28.0 Å². The normalized spacial score (nSPS) is 20.8. The fourth-order valence-electron chi connectivity index (χ4n) is 2.51. The van der Waals surface area contributed by atoms with Crippen LogP contribution in [-0.4, -0.2) is 10.5 Å². The minimum absolute atomic E-state index is 0.0617. The molecule has 1 aliphatic carbocycles. The van der Waals surface area contributed by atoms with Gasteiger partial charge in [0.25, 0.3) is 0 Å². The van der Waals surface area contributed by atoms with E-state index in [-0.39, 0.29) is 10.8 Å². The summed E-state index contributed by atoms with van der Waals surface area (Å²) in [5.41, 5.74) is 3.96. The Morgan fingerprint density at radius 3 is 2.42 bits per heavy atom. The van der Waals surface area contributed by atoms with Crippen molar-refractivity contribution in [2.75, 3.05) is 0 Å². The second-order valence-corrected chi connectivity index (χ2v) is 7.11. The molecule has 1 aliphatic rings. The van der Waals surface area contributed by atoms with E-state index in [0.29, 0.717) is 6.42 Å². The van der Waals surface area contributed by atoms with Gasteiger partial charge >= 0.3 is 0 Å². The molecule has 0 saturated carbocycles. The van der Waals surface area contributed by atoms with E-state index in [1.54, 1.807) is 0 Å². The van der Waals surface area contributed by atoms with E-state index in [4.69, 9.17) is 27.7 Å². The predicted octanol–water partition coefficient (Wildman–Crippen LogP) is 5.19. The molecule has 1 aromatic rings. The van der Waals surface area contributed by atoms with Crippen molar-refractivity contribution in [3.63, 3.8) is 0 Å². The summed E-state index contributed by atoms with van der Waals surface area (Å²) in [6.45, 7) is 10.4. The maximum Gasteiger partial charge on any atom is 0.145 e. The van der Waals surface area contributed by atoms with E-state index in [2.05, 4.69) is 25.9 Å². The summed E-state index contributed by atoms with van der Waals surface area (Å²) < 4.78 is 5.54. The van der Waals surface area contributed by atoms with Gasteiger partial charge in [-0.2, -0.15) is 0 Å². The first-order chi connectivity index (χ1) is 8.71. The molecule has 19 heavy (non-hydrogen) atoms. The molecule has 0 aliphatic heterocycles. The SMILES string of the molecule is CC1=C(c2noc(C(C)(C)C)c2C)C(Cl)CC(Cl)=C1. The molecular formula is C15H19Cl2NO. The van der Waals surface area contributed by atoms with Crippen LogP contribution in [0.5, 0.6) is 0 Å². The van der Waals surface area contributed by atoms with Gasteiger partial charge in [0.1, 0.15) is 11.5 Å². The van der Waals surface area contributed by atoms with Crippen molar-refractivity contribution in [1.29, 1.82) is 0 Å². The van der Waals surface area contributed by atoms with E-state index < -0.39 is 0 Å². The van der Waals surface area contributed by atoms with Crippen LogP contribution in [0.15, 0.2) is 21.2 Å². The van der Waals surface area contributed by atoms with E-state index in [0.717, 1.165) is 33.2 Å². The Bertz CT molecular complexity index is 561. The summed E-state index contributed by atoms with van der Waals surface area (Å²) in [5.74, 6) is 0.910. The zero-order valence-electron chi connectivity index (χ0n) is 12.0. The van der Waals surface area contributed by atoms with Crippen LogP contribution in [0.2, 0.25) is 0 Å². The van der Waals surface area contributed by atoms with E-state index in [1.807, 2.05) is 19.9 Å². The molecule has 0 spiro atoms. The second kappa shape index (κ2) is 4.99. The van der Waals surface area contributed by atoms with E-state index in [9.17, 15) is 0 Å². The highest BCUT2D eigenvalue weighted by Gasteiger charge is 2.29. The fourth-order valence-corrected chi connectivity index (χ4v) is 3.35. The van der Waals surface area contributed by atoms with Crippen molar-refractivity contribution >= 4 is 28.8 Å². The van der Waals surface area contributed by atoms with Gasteiger partial charge in [-0.25, -0.2) is 0 Å². The second-order valence-electron chi connectivity index (χ2n) is 6.09. The molecule has 1 aromatic heterocycles. The molecule has 0 aromatic carbocycles. The van der Waals surface area contributed by atoms with Crippen molar-refractivity contribution in [2.24, 2.45) is 0 Å². The average molecular weight is 300 g/mol. The lowest BCUT2D eigenvalue weighted by molar-refractivity contribution is 0.327. The zero-order chi connectivity index (χ0) is 14.4. The Labute approximate surface area is 124 Å². The minimum Gasteiger partial charge on any atom is -0.360 e. The van der Waals surface area contributed by atoms with Gasteiger partial charge in [-0.15, -0.1) is 11.6 Å². The summed E-state index contributed by atoms with van der Waals surface area (Å²) in [7, 11) is 0. The molecule has 1 heterocycles. The minimum atomic E-state index is -0.144. The third-order valence-corrected chi connectivity index (χ3v) is 3.98. The number of halogens is 2. The van der Waals surface area contributed by atoms with Gasteiger partial charge in [0.15, 0.2) is 0 Å². The zero-order valence-corrected chi connectivity index (χ0v) is 13.5. The Hall–Kier alpha value is -0.730. The van der Waals surface area contributed by atoms with Crippen molar-refractivity contribution in [3.8, 4) is 0 Å². The van der Waals surface area contributed by atoms with Crippen LogP contribution >= 0.6 is 23.2 Å². The monoisotopic (exact) mass is 299 g/mol. The summed E-state index contributed by atoms with van der Waals surface area (Å²) >= 11 is 12.5. The molecular weight excluding hydrogens is 281 g/mol. The Morgan fingerprint density at radius 1 is 1.32 bits per heavy atom. The number of aromatic nitrogens is 1. The molecule has 0 bridgehead atoms. The summed E-state index contributed by atoms with van der Waals surface area (Å²) in [6, 6.07) is 0. The van der Waals surface area contributed by atoms with Gasteiger partial charge in [0.05, 0.1) is 5.38 Å². The lowest BCUT2D eigenvalue weighted by Gasteiger charge is -2.20. The molecule has 0 saturated heterocycles. The lowest BCUT2D eigenvalue weighted by atomic mass is 9.87. The highest BCUT2D eigenvalue weighted by Crippen LogP contribution is 2.39. The molecule has 4 heteroatoms. The van der Waals surface area contributed by atoms with Crippen LogP contribution in [0.25, 0.3) is 5.57 Å². The highest BCUT2D eigenvalue weighted by molar-refractivity contribution is 6.33. The van der Waals surface area contributed by atoms with Gasteiger partial charge in [0.2, 0.25) is 0 Å². The Balaban J connectivity index is 2.55. The first kappa shape index (κ1) is 14.7. The largest absolute Gasteiger partial charge is 0.360 e. The molecule has 2 nitrogen and oxygen atoms in total. The summed E-state index contributed by atoms with van der Waals surface area (Å²) in [6.07, 6.45) is 2.60. The molecule has 0 fully saturated rings. The third kappa shape index (κ3) is 2.75. The van der Waals surface area contributed by atoms with Gasteiger partial charge in [-0.05, 0) is 25.5 Å². The van der Waals surface area contributed by atoms with Crippen molar-refractivity contribution < 1.29 is 4.52 Å².